The second-order valence-corrected chi connectivity index (χ2v) is 9.38. The number of sulfonamides is 1. The summed E-state index contributed by atoms with van der Waals surface area (Å²) in [7, 11) is 0.223. The maximum Gasteiger partial charge on any atom is 0.251 e. The number of carbonyl (C=O) groups is 1. The summed E-state index contributed by atoms with van der Waals surface area (Å²) in [6.45, 7) is 1.41. The molecule has 0 saturated carbocycles. The minimum Gasteiger partial charge on any atom is -0.363 e. The lowest BCUT2D eigenvalue weighted by Gasteiger charge is -2.20. The Balaban J connectivity index is 1.71. The van der Waals surface area contributed by atoms with Crippen molar-refractivity contribution in [2.24, 2.45) is 0 Å². The van der Waals surface area contributed by atoms with Crippen molar-refractivity contribution >= 4 is 21.7 Å². The van der Waals surface area contributed by atoms with E-state index in [9.17, 15) is 13.2 Å². The summed E-state index contributed by atoms with van der Waals surface area (Å²) in [5, 5.41) is 2.86. The second-order valence-electron chi connectivity index (χ2n) is 7.45. The molecule has 2 aromatic rings. The molecule has 2 heterocycles. The predicted octanol–water partition coefficient (Wildman–Crippen LogP) is 2.64. The Bertz CT molecular complexity index is 952. The molecule has 29 heavy (non-hydrogen) atoms. The van der Waals surface area contributed by atoms with Crippen LogP contribution in [0.15, 0.2) is 47.5 Å². The largest absolute Gasteiger partial charge is 0.363 e. The van der Waals surface area contributed by atoms with Gasteiger partial charge in [-0.1, -0.05) is 18.9 Å². The molecule has 8 heteroatoms. The lowest BCUT2D eigenvalue weighted by atomic mass is 10.2. The first kappa shape index (κ1) is 21.3. The number of hydrogen-bond acceptors (Lipinski definition) is 5. The maximum atomic E-state index is 13.0. The highest BCUT2D eigenvalue weighted by Crippen LogP contribution is 2.21. The fourth-order valence-electron chi connectivity index (χ4n) is 3.33. The van der Waals surface area contributed by atoms with Crippen LogP contribution in [0.25, 0.3) is 0 Å². The second kappa shape index (κ2) is 9.37. The number of carbonyl (C=O) groups excluding carboxylic acids is 1. The van der Waals surface area contributed by atoms with Crippen molar-refractivity contribution in [1.82, 2.24) is 14.6 Å². The third-order valence-corrected chi connectivity index (χ3v) is 6.91. The Hall–Kier alpha value is -2.45. The van der Waals surface area contributed by atoms with Gasteiger partial charge in [-0.25, -0.2) is 13.4 Å². The quantitative estimate of drug-likeness (QED) is 0.783. The van der Waals surface area contributed by atoms with Crippen molar-refractivity contribution in [1.29, 1.82) is 0 Å². The molecule has 156 valence electrons. The van der Waals surface area contributed by atoms with Gasteiger partial charge >= 0.3 is 0 Å². The number of pyridine rings is 1. The highest BCUT2D eigenvalue weighted by molar-refractivity contribution is 7.89. The van der Waals surface area contributed by atoms with E-state index in [4.69, 9.17) is 0 Å². The van der Waals surface area contributed by atoms with Gasteiger partial charge in [0.25, 0.3) is 5.91 Å². The monoisotopic (exact) mass is 416 g/mol. The third-order valence-electron chi connectivity index (χ3n) is 5.02. The van der Waals surface area contributed by atoms with Crippen LogP contribution in [0.4, 0.5) is 5.82 Å². The Labute approximate surface area is 172 Å². The van der Waals surface area contributed by atoms with Gasteiger partial charge in [0.1, 0.15) is 5.82 Å². The van der Waals surface area contributed by atoms with Gasteiger partial charge in [-0.15, -0.1) is 0 Å². The number of benzene rings is 1. The minimum absolute atomic E-state index is 0.172. The number of amides is 1. The van der Waals surface area contributed by atoms with Crippen molar-refractivity contribution in [3.8, 4) is 0 Å². The first-order valence-electron chi connectivity index (χ1n) is 9.88. The highest BCUT2D eigenvalue weighted by Gasteiger charge is 2.25. The number of anilines is 1. The topological polar surface area (TPSA) is 82.6 Å². The Morgan fingerprint density at radius 1 is 1.10 bits per heavy atom. The van der Waals surface area contributed by atoms with Gasteiger partial charge in [0.2, 0.25) is 10.0 Å². The lowest BCUT2D eigenvalue weighted by molar-refractivity contribution is 0.0950. The summed E-state index contributed by atoms with van der Waals surface area (Å²) in [5.41, 5.74) is 1.26. The van der Waals surface area contributed by atoms with Gasteiger partial charge in [0.15, 0.2) is 0 Å². The molecule has 1 saturated heterocycles. The molecule has 1 aromatic carbocycles. The van der Waals surface area contributed by atoms with Crippen LogP contribution in [-0.2, 0) is 16.6 Å². The molecule has 0 spiro atoms. The number of nitrogens with one attached hydrogen (secondary N) is 1. The van der Waals surface area contributed by atoms with Crippen LogP contribution in [0.2, 0.25) is 0 Å². The van der Waals surface area contributed by atoms with E-state index >= 15 is 0 Å². The number of hydrogen-bond donors (Lipinski definition) is 1. The van der Waals surface area contributed by atoms with Crippen LogP contribution in [0.1, 0.15) is 41.6 Å². The van der Waals surface area contributed by atoms with E-state index in [-0.39, 0.29) is 10.8 Å². The first-order valence-corrected chi connectivity index (χ1v) is 11.3. The molecule has 0 unspecified atom stereocenters. The summed E-state index contributed by atoms with van der Waals surface area (Å²) in [6.07, 6.45) is 5.56. The summed E-state index contributed by atoms with van der Waals surface area (Å²) >= 11 is 0. The molecule has 1 fully saturated rings. The van der Waals surface area contributed by atoms with E-state index in [0.717, 1.165) is 37.1 Å². The van der Waals surface area contributed by atoms with Crippen LogP contribution in [0.5, 0.6) is 0 Å². The standard InChI is InChI=1S/C21H28N4O3S/c1-24(2)20-14-17(10-11-22-20)16-23-21(26)18-8-7-9-19(15-18)29(27,28)25-12-5-3-4-6-13-25/h7-11,14-15H,3-6,12-13,16H2,1-2H3,(H,23,26). The van der Waals surface area contributed by atoms with Crippen LogP contribution < -0.4 is 10.2 Å². The molecule has 7 nitrogen and oxygen atoms in total. The van der Waals surface area contributed by atoms with E-state index in [2.05, 4.69) is 10.3 Å². The Morgan fingerprint density at radius 2 is 1.83 bits per heavy atom. The summed E-state index contributed by atoms with van der Waals surface area (Å²) in [5.74, 6) is 0.503. The van der Waals surface area contributed by atoms with Gasteiger partial charge in [-0.2, -0.15) is 4.31 Å². The summed E-state index contributed by atoms with van der Waals surface area (Å²) in [4.78, 5) is 18.9. The van der Waals surface area contributed by atoms with Gasteiger partial charge in [0.05, 0.1) is 4.90 Å². The fraction of sp³-hybridized carbons (Fsp3) is 0.429. The number of nitrogens with zero attached hydrogens (tertiary/aromatic N) is 3. The summed E-state index contributed by atoms with van der Waals surface area (Å²) in [6, 6.07) is 10.0. The molecule has 1 aliphatic rings. The molecular formula is C21H28N4O3S. The Kier molecular flexibility index (Phi) is 6.87. The molecule has 0 radical (unpaired) electrons. The smallest absolute Gasteiger partial charge is 0.251 e. The highest BCUT2D eigenvalue weighted by atomic mass is 32.2. The maximum absolute atomic E-state index is 13.0. The van der Waals surface area contributed by atoms with Crippen molar-refractivity contribution in [3.63, 3.8) is 0 Å². The lowest BCUT2D eigenvalue weighted by Crippen LogP contribution is -2.32. The summed E-state index contributed by atoms with van der Waals surface area (Å²) < 4.78 is 27.5. The Morgan fingerprint density at radius 3 is 2.52 bits per heavy atom. The molecule has 1 amide bonds. The van der Waals surface area contributed by atoms with Crippen LogP contribution >= 0.6 is 0 Å². The van der Waals surface area contributed by atoms with Gasteiger partial charge in [0, 0.05) is 45.5 Å². The average molecular weight is 417 g/mol. The van der Waals surface area contributed by atoms with Crippen LogP contribution in [0.3, 0.4) is 0 Å². The normalized spacial score (nSPS) is 15.5. The van der Waals surface area contributed by atoms with E-state index in [1.807, 2.05) is 31.1 Å². The van der Waals surface area contributed by atoms with E-state index < -0.39 is 10.0 Å². The molecule has 1 aromatic heterocycles. The van der Waals surface area contributed by atoms with Crippen molar-refractivity contribution in [2.75, 3.05) is 32.1 Å². The van der Waals surface area contributed by atoms with Crippen LogP contribution in [0, 0.1) is 0 Å². The number of aromatic nitrogens is 1. The van der Waals surface area contributed by atoms with Gasteiger partial charge < -0.3 is 10.2 Å². The van der Waals surface area contributed by atoms with Crippen LogP contribution in [-0.4, -0.2) is 50.8 Å². The molecule has 3 rings (SSSR count). The molecule has 0 aliphatic carbocycles. The van der Waals surface area contributed by atoms with Gasteiger partial charge in [-0.3, -0.25) is 4.79 Å². The molecule has 0 bridgehead atoms. The van der Waals surface area contributed by atoms with Gasteiger partial charge in [-0.05, 0) is 48.7 Å². The number of rotatable bonds is 6. The van der Waals surface area contributed by atoms with Crippen molar-refractivity contribution < 1.29 is 13.2 Å². The fourth-order valence-corrected chi connectivity index (χ4v) is 4.89. The predicted molar refractivity (Wildman–Crippen MR) is 113 cm³/mol. The zero-order valence-corrected chi connectivity index (χ0v) is 17.8. The SMILES string of the molecule is CN(C)c1cc(CNC(=O)c2cccc(S(=O)(=O)N3CCCCCC3)c2)ccn1. The zero-order chi connectivity index (χ0) is 20.9. The van der Waals surface area contributed by atoms with E-state index in [1.165, 1.54) is 10.4 Å². The molecule has 1 aliphatic heterocycles. The zero-order valence-electron chi connectivity index (χ0n) is 17.0. The first-order chi connectivity index (χ1) is 13.9. The third kappa shape index (κ3) is 5.33. The average Bonchev–Trinajstić information content (AvgIpc) is 3.02. The van der Waals surface area contributed by atoms with E-state index in [1.54, 1.807) is 24.4 Å². The van der Waals surface area contributed by atoms with Crippen molar-refractivity contribution in [2.45, 2.75) is 37.1 Å². The molecule has 0 atom stereocenters. The molecular weight excluding hydrogens is 388 g/mol. The van der Waals surface area contributed by atoms with Crippen molar-refractivity contribution in [3.05, 3.63) is 53.7 Å². The van der Waals surface area contributed by atoms with E-state index in [0.29, 0.717) is 25.2 Å². The minimum atomic E-state index is -3.58. The molecule has 1 N–H and O–H groups in total.